The summed E-state index contributed by atoms with van der Waals surface area (Å²) in [6, 6.07) is 13.0. The van der Waals surface area contributed by atoms with E-state index in [2.05, 4.69) is 4.99 Å². The Kier molecular flexibility index (Phi) is 7.42. The molecule has 36 heavy (non-hydrogen) atoms. The maximum absolute atomic E-state index is 13.6. The molecule has 0 saturated carbocycles. The van der Waals surface area contributed by atoms with E-state index in [9.17, 15) is 14.4 Å². The molecule has 0 saturated heterocycles. The third-order valence-electron chi connectivity index (χ3n) is 5.29. The zero-order valence-corrected chi connectivity index (χ0v) is 21.3. The Morgan fingerprint density at radius 1 is 1.22 bits per heavy atom. The van der Waals surface area contributed by atoms with Crippen molar-refractivity contribution < 1.29 is 24.2 Å². The van der Waals surface area contributed by atoms with Crippen molar-refractivity contribution in [1.29, 1.82) is 0 Å². The van der Waals surface area contributed by atoms with E-state index in [4.69, 9.17) is 26.2 Å². The first-order chi connectivity index (χ1) is 17.1. The Labute approximate surface area is 215 Å². The number of carboxylic acids is 1. The molecule has 1 aliphatic heterocycles. The van der Waals surface area contributed by atoms with Crippen molar-refractivity contribution in [2.75, 3.05) is 6.61 Å². The van der Waals surface area contributed by atoms with Gasteiger partial charge in [-0.15, -0.1) is 0 Å². The predicted octanol–water partition coefficient (Wildman–Crippen LogP) is 3.30. The third-order valence-corrected chi connectivity index (χ3v) is 6.52. The molecule has 0 bridgehead atoms. The molecule has 0 amide bonds. The number of carbonyl (C=O) groups excluding carboxylic acids is 1. The number of halogens is 1. The second-order valence-corrected chi connectivity index (χ2v) is 9.79. The normalized spacial score (nSPS) is 15.5. The summed E-state index contributed by atoms with van der Waals surface area (Å²) in [6.45, 7) is 4.77. The first-order valence-electron chi connectivity index (χ1n) is 11.1. The molecule has 2 aromatic carbocycles. The molecule has 0 fully saturated rings. The molecule has 2 heterocycles. The Hall–Kier alpha value is -3.69. The van der Waals surface area contributed by atoms with E-state index >= 15 is 0 Å². The molecule has 1 atom stereocenters. The van der Waals surface area contributed by atoms with Crippen molar-refractivity contribution in [1.82, 2.24) is 4.57 Å². The predicted molar refractivity (Wildman–Crippen MR) is 136 cm³/mol. The summed E-state index contributed by atoms with van der Waals surface area (Å²) < 4.78 is 12.6. The third kappa shape index (κ3) is 5.42. The Morgan fingerprint density at radius 3 is 2.61 bits per heavy atom. The first-order valence-corrected chi connectivity index (χ1v) is 12.3. The molecule has 186 valence electrons. The maximum atomic E-state index is 13.6. The number of ether oxygens (including phenoxy) is 2. The zero-order chi connectivity index (χ0) is 26.0. The van der Waals surface area contributed by atoms with Gasteiger partial charge in [-0.05, 0) is 62.2 Å². The van der Waals surface area contributed by atoms with Crippen LogP contribution >= 0.6 is 22.9 Å². The molecule has 0 radical (unpaired) electrons. The van der Waals surface area contributed by atoms with Crippen molar-refractivity contribution >= 4 is 41.0 Å². The van der Waals surface area contributed by atoms with Crippen molar-refractivity contribution in [3.63, 3.8) is 0 Å². The van der Waals surface area contributed by atoms with E-state index in [0.29, 0.717) is 36.9 Å². The van der Waals surface area contributed by atoms with E-state index < -0.39 is 24.6 Å². The molecule has 0 spiro atoms. The van der Waals surface area contributed by atoms with Gasteiger partial charge in [0.15, 0.2) is 11.4 Å². The first kappa shape index (κ1) is 25.4. The van der Waals surface area contributed by atoms with E-state index in [0.717, 1.165) is 0 Å². The summed E-state index contributed by atoms with van der Waals surface area (Å²) >= 11 is 7.28. The van der Waals surface area contributed by atoms with Gasteiger partial charge in [0.2, 0.25) is 0 Å². The minimum atomic E-state index is -1.09. The molecule has 0 unspecified atom stereocenters. The number of nitrogens with zero attached hydrogens (tertiary/aromatic N) is 2. The van der Waals surface area contributed by atoms with E-state index in [1.807, 2.05) is 0 Å². The lowest BCUT2D eigenvalue weighted by Crippen LogP contribution is -2.40. The second-order valence-electron chi connectivity index (χ2n) is 8.34. The second kappa shape index (κ2) is 10.5. The van der Waals surface area contributed by atoms with Crippen LogP contribution in [0.15, 0.2) is 69.6 Å². The number of benzene rings is 2. The molecule has 1 aromatic heterocycles. The largest absolute Gasteiger partial charge is 0.482 e. The molecule has 4 rings (SSSR count). The number of fused-ring (bicyclic) bond motifs is 1. The van der Waals surface area contributed by atoms with Crippen LogP contribution in [0.3, 0.4) is 0 Å². The zero-order valence-electron chi connectivity index (χ0n) is 19.7. The van der Waals surface area contributed by atoms with Crippen LogP contribution in [0, 0.1) is 0 Å². The van der Waals surface area contributed by atoms with Gasteiger partial charge >= 0.3 is 11.9 Å². The molecule has 8 nitrogen and oxygen atoms in total. The van der Waals surface area contributed by atoms with Gasteiger partial charge in [-0.1, -0.05) is 47.2 Å². The van der Waals surface area contributed by atoms with Crippen LogP contribution in [0.25, 0.3) is 6.08 Å². The maximum Gasteiger partial charge on any atom is 0.341 e. The van der Waals surface area contributed by atoms with Gasteiger partial charge < -0.3 is 14.6 Å². The van der Waals surface area contributed by atoms with Crippen molar-refractivity contribution in [2.24, 2.45) is 4.99 Å². The number of aromatic nitrogens is 1. The average Bonchev–Trinajstić information content (AvgIpc) is 3.11. The van der Waals surface area contributed by atoms with E-state index in [1.165, 1.54) is 15.9 Å². The Morgan fingerprint density at radius 2 is 1.94 bits per heavy atom. The monoisotopic (exact) mass is 526 g/mol. The summed E-state index contributed by atoms with van der Waals surface area (Å²) in [5, 5.41) is 9.37. The van der Waals surface area contributed by atoms with Crippen LogP contribution in [0.1, 0.15) is 37.9 Å². The highest BCUT2D eigenvalue weighted by molar-refractivity contribution is 7.07. The van der Waals surface area contributed by atoms with Gasteiger partial charge in [-0.25, -0.2) is 14.6 Å². The fraction of sp³-hybridized carbons (Fsp3) is 0.231. The van der Waals surface area contributed by atoms with Crippen LogP contribution in [-0.2, 0) is 14.3 Å². The lowest BCUT2D eigenvalue weighted by atomic mass is 9.96. The summed E-state index contributed by atoms with van der Waals surface area (Å²) in [6.07, 6.45) is 1.34. The Balaban J connectivity index is 1.85. The number of rotatable bonds is 7. The fourth-order valence-electron chi connectivity index (χ4n) is 3.81. The lowest BCUT2D eigenvalue weighted by Gasteiger charge is -2.25. The number of aliphatic carboxylic acids is 1. The van der Waals surface area contributed by atoms with Gasteiger partial charge in [0.1, 0.15) is 5.75 Å². The van der Waals surface area contributed by atoms with Crippen LogP contribution in [0.4, 0.5) is 0 Å². The highest BCUT2D eigenvalue weighted by Crippen LogP contribution is 2.31. The Bertz CT molecular complexity index is 1540. The molecule has 10 heteroatoms. The molecule has 0 aliphatic carbocycles. The van der Waals surface area contributed by atoms with Crippen LogP contribution < -0.4 is 19.6 Å². The standard InChI is InChI=1S/C26H23ClN2O6S/c1-14(2)35-25(33)22-15(3)28-26-29(23(22)17-7-9-18(27)10-8-17)24(32)20(36-26)12-16-5-4-6-19(11-16)34-13-21(30)31/h4-12,14,23H,13H2,1-3H3,(H,30,31)/b20-12-/t23-/m0/s1. The van der Waals surface area contributed by atoms with Gasteiger partial charge in [-0.2, -0.15) is 0 Å². The topological polar surface area (TPSA) is 107 Å². The van der Waals surface area contributed by atoms with Gasteiger partial charge in [0, 0.05) is 5.02 Å². The average molecular weight is 527 g/mol. The molecule has 1 aliphatic rings. The summed E-state index contributed by atoms with van der Waals surface area (Å²) in [7, 11) is 0. The lowest BCUT2D eigenvalue weighted by molar-refractivity contribution is -0.143. The fourth-order valence-corrected chi connectivity index (χ4v) is 4.98. The molecular formula is C26H23ClN2O6S. The SMILES string of the molecule is CC1=C(C(=O)OC(C)C)[C@H](c2ccc(Cl)cc2)n2c(s/c(=C\c3cccc(OCC(=O)O)c3)c2=O)=N1. The molecule has 1 N–H and O–H groups in total. The van der Waals surface area contributed by atoms with Gasteiger partial charge in [-0.3, -0.25) is 9.36 Å². The smallest absolute Gasteiger partial charge is 0.341 e. The highest BCUT2D eigenvalue weighted by atomic mass is 35.5. The quantitative estimate of drug-likeness (QED) is 0.473. The van der Waals surface area contributed by atoms with Gasteiger partial charge in [0.25, 0.3) is 5.56 Å². The van der Waals surface area contributed by atoms with E-state index in [-0.39, 0.29) is 17.2 Å². The number of carboxylic acid groups (broad SMARTS) is 1. The number of hydrogen-bond donors (Lipinski definition) is 1. The minimum Gasteiger partial charge on any atom is -0.482 e. The minimum absolute atomic E-state index is 0.286. The number of esters is 1. The summed E-state index contributed by atoms with van der Waals surface area (Å²) in [4.78, 5) is 42.5. The number of allylic oxidation sites excluding steroid dienone is 1. The number of thiazole rings is 1. The summed E-state index contributed by atoms with van der Waals surface area (Å²) in [5.41, 5.74) is 1.78. The van der Waals surface area contributed by atoms with Crippen molar-refractivity contribution in [2.45, 2.75) is 32.9 Å². The van der Waals surface area contributed by atoms with Crippen LogP contribution in [-0.4, -0.2) is 34.3 Å². The number of carbonyl (C=O) groups is 2. The van der Waals surface area contributed by atoms with Crippen molar-refractivity contribution in [3.8, 4) is 5.75 Å². The van der Waals surface area contributed by atoms with Crippen molar-refractivity contribution in [3.05, 3.63) is 95.6 Å². The molecule has 3 aromatic rings. The summed E-state index contributed by atoms with van der Waals surface area (Å²) in [5.74, 6) is -1.26. The van der Waals surface area contributed by atoms with E-state index in [1.54, 1.807) is 75.4 Å². The highest BCUT2D eigenvalue weighted by Gasteiger charge is 2.33. The number of hydrogen-bond acceptors (Lipinski definition) is 7. The van der Waals surface area contributed by atoms with Crippen LogP contribution in [0.5, 0.6) is 5.75 Å². The molecular weight excluding hydrogens is 504 g/mol. The van der Waals surface area contributed by atoms with Gasteiger partial charge in [0.05, 0.1) is 27.9 Å². The van der Waals surface area contributed by atoms with Crippen LogP contribution in [0.2, 0.25) is 5.02 Å².